The van der Waals surface area contributed by atoms with Gasteiger partial charge in [0.2, 0.25) is 0 Å². The Morgan fingerprint density at radius 1 is 1.35 bits per heavy atom. The molecule has 1 aromatic heterocycles. The number of rotatable bonds is 2. The molecular formula is C16H15NO2S. The minimum Gasteiger partial charge on any atom is -0.478 e. The molecule has 0 atom stereocenters. The van der Waals surface area contributed by atoms with E-state index in [4.69, 9.17) is 0 Å². The van der Waals surface area contributed by atoms with Crippen molar-refractivity contribution >= 4 is 22.9 Å². The summed E-state index contributed by atoms with van der Waals surface area (Å²) in [5.74, 6) is -0.880. The zero-order valence-corrected chi connectivity index (χ0v) is 12.3. The molecule has 1 N–H and O–H groups in total. The maximum Gasteiger partial charge on any atom is 0.335 e. The maximum absolute atomic E-state index is 11.2. The summed E-state index contributed by atoms with van der Waals surface area (Å²) in [6.45, 7) is 4.01. The average molecular weight is 285 g/mol. The van der Waals surface area contributed by atoms with E-state index in [2.05, 4.69) is 11.1 Å². The molecule has 0 amide bonds. The Morgan fingerprint density at radius 3 is 2.80 bits per heavy atom. The fraction of sp³-hybridized carbons (Fsp3) is 0.250. The number of aryl methyl sites for hydroxylation is 3. The zero-order chi connectivity index (χ0) is 14.3. The summed E-state index contributed by atoms with van der Waals surface area (Å²) in [5, 5.41) is 10.2. The highest BCUT2D eigenvalue weighted by Crippen LogP contribution is 2.36. The Bertz CT molecular complexity index is 728. The van der Waals surface area contributed by atoms with Crippen molar-refractivity contribution in [3.63, 3.8) is 0 Å². The molecular weight excluding hydrogens is 270 g/mol. The SMILES string of the molecule is Cc1nc(C)c(C2=CCCc3ccc(C(=O)O)cc32)s1. The van der Waals surface area contributed by atoms with Crippen LogP contribution in [0, 0.1) is 13.8 Å². The van der Waals surface area contributed by atoms with Gasteiger partial charge >= 0.3 is 5.97 Å². The standard InChI is InChI=1S/C16H15NO2S/c1-9-15(20-10(2)17-9)13-5-3-4-11-6-7-12(16(18)19)8-14(11)13/h5-8H,3-4H2,1-2H3,(H,18,19). The van der Waals surface area contributed by atoms with Gasteiger partial charge in [-0.05, 0) is 55.5 Å². The second-order valence-corrected chi connectivity index (χ2v) is 6.18. The van der Waals surface area contributed by atoms with Crippen LogP contribution in [0.15, 0.2) is 24.3 Å². The van der Waals surface area contributed by atoms with Crippen LogP contribution >= 0.6 is 11.3 Å². The Balaban J connectivity index is 2.16. The molecule has 0 bridgehead atoms. The molecule has 1 aromatic carbocycles. The summed E-state index contributed by atoms with van der Waals surface area (Å²) in [4.78, 5) is 16.8. The smallest absolute Gasteiger partial charge is 0.335 e. The average Bonchev–Trinajstić information content (AvgIpc) is 2.76. The van der Waals surface area contributed by atoms with E-state index in [0.717, 1.165) is 39.6 Å². The highest BCUT2D eigenvalue weighted by Gasteiger charge is 2.19. The Morgan fingerprint density at radius 2 is 2.15 bits per heavy atom. The first kappa shape index (κ1) is 13.1. The lowest BCUT2D eigenvalue weighted by molar-refractivity contribution is 0.0697. The molecule has 102 valence electrons. The second kappa shape index (κ2) is 4.87. The Kier molecular flexibility index (Phi) is 3.18. The fourth-order valence-electron chi connectivity index (χ4n) is 2.66. The number of carboxylic acids is 1. The maximum atomic E-state index is 11.2. The third-order valence-corrected chi connectivity index (χ3v) is 4.66. The van der Waals surface area contributed by atoms with E-state index >= 15 is 0 Å². The molecule has 1 aliphatic rings. The zero-order valence-electron chi connectivity index (χ0n) is 11.4. The van der Waals surface area contributed by atoms with Gasteiger partial charge in [0.15, 0.2) is 0 Å². The summed E-state index contributed by atoms with van der Waals surface area (Å²) in [6, 6.07) is 5.42. The summed E-state index contributed by atoms with van der Waals surface area (Å²) >= 11 is 1.67. The molecule has 2 aromatic rings. The van der Waals surface area contributed by atoms with E-state index in [1.807, 2.05) is 19.9 Å². The summed E-state index contributed by atoms with van der Waals surface area (Å²) in [6.07, 6.45) is 4.16. The molecule has 3 nitrogen and oxygen atoms in total. The lowest BCUT2D eigenvalue weighted by Gasteiger charge is -2.18. The number of carbonyl (C=O) groups is 1. The fourth-order valence-corrected chi connectivity index (χ4v) is 3.63. The van der Waals surface area contributed by atoms with Crippen LogP contribution < -0.4 is 0 Å². The third kappa shape index (κ3) is 2.16. The lowest BCUT2D eigenvalue weighted by Crippen LogP contribution is -2.04. The number of aromatic nitrogens is 1. The van der Waals surface area contributed by atoms with E-state index in [1.54, 1.807) is 23.5 Å². The number of allylic oxidation sites excluding steroid dienone is 1. The molecule has 0 spiro atoms. The highest BCUT2D eigenvalue weighted by atomic mass is 32.1. The molecule has 1 aliphatic carbocycles. The lowest BCUT2D eigenvalue weighted by atomic mass is 9.88. The van der Waals surface area contributed by atoms with Crippen LogP contribution in [0.4, 0.5) is 0 Å². The van der Waals surface area contributed by atoms with E-state index in [1.165, 1.54) is 5.56 Å². The van der Waals surface area contributed by atoms with Crippen molar-refractivity contribution in [1.29, 1.82) is 0 Å². The number of hydrogen-bond donors (Lipinski definition) is 1. The molecule has 0 fully saturated rings. The van der Waals surface area contributed by atoms with Crippen molar-refractivity contribution in [3.05, 3.63) is 56.5 Å². The molecule has 1 heterocycles. The van der Waals surface area contributed by atoms with Crippen LogP contribution in [-0.4, -0.2) is 16.1 Å². The van der Waals surface area contributed by atoms with Gasteiger partial charge < -0.3 is 5.11 Å². The molecule has 0 saturated heterocycles. The van der Waals surface area contributed by atoms with Gasteiger partial charge in [0, 0.05) is 0 Å². The molecule has 4 heteroatoms. The second-order valence-electron chi connectivity index (χ2n) is 4.98. The Hall–Kier alpha value is -1.94. The largest absolute Gasteiger partial charge is 0.478 e. The summed E-state index contributed by atoms with van der Waals surface area (Å²) in [7, 11) is 0. The number of thiazole rings is 1. The first-order chi connectivity index (χ1) is 9.56. The first-order valence-corrected chi connectivity index (χ1v) is 7.39. The van der Waals surface area contributed by atoms with Gasteiger partial charge in [-0.3, -0.25) is 0 Å². The minimum atomic E-state index is -0.880. The minimum absolute atomic E-state index is 0.343. The first-order valence-electron chi connectivity index (χ1n) is 6.57. The summed E-state index contributed by atoms with van der Waals surface area (Å²) in [5.41, 5.74) is 4.76. The molecule has 3 rings (SSSR count). The molecule has 0 saturated carbocycles. The van der Waals surface area contributed by atoms with Crippen molar-refractivity contribution < 1.29 is 9.90 Å². The topological polar surface area (TPSA) is 50.2 Å². The Labute approximate surface area is 121 Å². The van der Waals surface area contributed by atoms with Gasteiger partial charge in [-0.2, -0.15) is 0 Å². The van der Waals surface area contributed by atoms with Crippen LogP contribution in [0.5, 0.6) is 0 Å². The van der Waals surface area contributed by atoms with Gasteiger partial charge in [0.05, 0.1) is 21.1 Å². The van der Waals surface area contributed by atoms with E-state index in [0.29, 0.717) is 5.56 Å². The monoisotopic (exact) mass is 285 g/mol. The van der Waals surface area contributed by atoms with Gasteiger partial charge in [-0.1, -0.05) is 12.1 Å². The predicted octanol–water partition coefficient (Wildman–Crippen LogP) is 3.84. The van der Waals surface area contributed by atoms with Crippen LogP contribution in [0.25, 0.3) is 5.57 Å². The third-order valence-electron chi connectivity index (χ3n) is 3.56. The van der Waals surface area contributed by atoms with Crippen LogP contribution in [-0.2, 0) is 6.42 Å². The van der Waals surface area contributed by atoms with E-state index in [-0.39, 0.29) is 0 Å². The molecule has 0 aliphatic heterocycles. The van der Waals surface area contributed by atoms with Gasteiger partial charge in [0.25, 0.3) is 0 Å². The van der Waals surface area contributed by atoms with Crippen molar-refractivity contribution in [3.8, 4) is 0 Å². The number of hydrogen-bond acceptors (Lipinski definition) is 3. The predicted molar refractivity (Wildman–Crippen MR) is 80.4 cm³/mol. The number of aromatic carboxylic acids is 1. The van der Waals surface area contributed by atoms with E-state index in [9.17, 15) is 9.90 Å². The summed E-state index contributed by atoms with van der Waals surface area (Å²) < 4.78 is 0. The van der Waals surface area contributed by atoms with Gasteiger partial charge in [-0.15, -0.1) is 11.3 Å². The van der Waals surface area contributed by atoms with Crippen LogP contribution in [0.2, 0.25) is 0 Å². The highest BCUT2D eigenvalue weighted by molar-refractivity contribution is 7.12. The number of carboxylic acid groups (broad SMARTS) is 1. The number of benzene rings is 1. The van der Waals surface area contributed by atoms with Gasteiger partial charge in [0.1, 0.15) is 0 Å². The van der Waals surface area contributed by atoms with Crippen LogP contribution in [0.3, 0.4) is 0 Å². The molecule has 0 unspecified atom stereocenters. The van der Waals surface area contributed by atoms with Gasteiger partial charge in [-0.25, -0.2) is 9.78 Å². The normalized spacial score (nSPS) is 13.8. The van der Waals surface area contributed by atoms with Crippen molar-refractivity contribution in [2.75, 3.05) is 0 Å². The molecule has 0 radical (unpaired) electrons. The van der Waals surface area contributed by atoms with Crippen molar-refractivity contribution in [1.82, 2.24) is 4.98 Å². The molecule has 20 heavy (non-hydrogen) atoms. The van der Waals surface area contributed by atoms with Crippen LogP contribution in [0.1, 0.15) is 43.5 Å². The van der Waals surface area contributed by atoms with E-state index < -0.39 is 5.97 Å². The number of fused-ring (bicyclic) bond motifs is 1. The quantitative estimate of drug-likeness (QED) is 0.912. The van der Waals surface area contributed by atoms with Crippen molar-refractivity contribution in [2.45, 2.75) is 26.7 Å². The van der Waals surface area contributed by atoms with Crippen molar-refractivity contribution in [2.24, 2.45) is 0 Å². The number of nitrogens with zero attached hydrogens (tertiary/aromatic N) is 1.